The van der Waals surface area contributed by atoms with Crippen LogP contribution in [0.1, 0.15) is 13.2 Å². The van der Waals surface area contributed by atoms with Crippen molar-refractivity contribution in [3.63, 3.8) is 0 Å². The number of hydrogen-bond donors (Lipinski definition) is 2. The van der Waals surface area contributed by atoms with Crippen molar-refractivity contribution in [2.75, 3.05) is 0 Å². The summed E-state index contributed by atoms with van der Waals surface area (Å²) in [4.78, 5) is 9.98. The van der Waals surface area contributed by atoms with Gasteiger partial charge in [0.1, 0.15) is 0 Å². The van der Waals surface area contributed by atoms with E-state index in [9.17, 15) is 13.2 Å². The van der Waals surface area contributed by atoms with Crippen LogP contribution in [0.5, 0.6) is 0 Å². The summed E-state index contributed by atoms with van der Waals surface area (Å²) in [7, 11) is -4.32. The predicted octanol–water partition coefficient (Wildman–Crippen LogP) is -5.14. The minimum atomic E-state index is -4.32. The number of rotatable bonds is 2. The molecule has 0 amide bonds. The molecule has 0 saturated heterocycles. The van der Waals surface area contributed by atoms with Gasteiger partial charge in [0, 0.05) is 0 Å². The fraction of sp³-hybridized carbons (Fsp3) is 0. The van der Waals surface area contributed by atoms with E-state index in [2.05, 4.69) is 0 Å². The van der Waals surface area contributed by atoms with Gasteiger partial charge in [-0.3, -0.25) is 4.55 Å². The third kappa shape index (κ3) is 6.39. The molecule has 0 aliphatic rings. The molecule has 0 atom stereocenters. The molecule has 0 bridgehead atoms. The van der Waals surface area contributed by atoms with Crippen molar-refractivity contribution in [1.29, 1.82) is 0 Å². The van der Waals surface area contributed by atoms with Gasteiger partial charge >= 0.3 is 109 Å². The van der Waals surface area contributed by atoms with E-state index < -0.39 is 21.0 Å². The van der Waals surface area contributed by atoms with Gasteiger partial charge in [-0.1, -0.05) is 6.07 Å². The molecule has 0 unspecified atom stereocenters. The van der Waals surface area contributed by atoms with Gasteiger partial charge in [0.25, 0.3) is 10.1 Å². The van der Waals surface area contributed by atoms with Gasteiger partial charge in [-0.15, -0.1) is 0 Å². The van der Waals surface area contributed by atoms with E-state index in [0.29, 0.717) is 0 Å². The first-order valence-corrected chi connectivity index (χ1v) is 4.66. The molecule has 0 radical (unpaired) electrons. The SMILES string of the molecule is O=C(O)c1cccc(S(=O)(=O)O)c1.[H-].[H-].[K+].[K+]. The molecular formula is C7H8K2O5S. The van der Waals surface area contributed by atoms with Crippen LogP contribution in [0.15, 0.2) is 29.2 Å². The van der Waals surface area contributed by atoms with Crippen LogP contribution < -0.4 is 103 Å². The Kier molecular flexibility index (Phi) is 10.3. The van der Waals surface area contributed by atoms with Crippen molar-refractivity contribution in [3.05, 3.63) is 29.8 Å². The normalized spacial score (nSPS) is 9.67. The Morgan fingerprint density at radius 2 is 1.80 bits per heavy atom. The van der Waals surface area contributed by atoms with Crippen LogP contribution in [0.2, 0.25) is 0 Å². The molecule has 0 heterocycles. The molecule has 1 rings (SSSR count). The van der Waals surface area contributed by atoms with Crippen LogP contribution in [0.4, 0.5) is 0 Å². The fourth-order valence-electron chi connectivity index (χ4n) is 0.790. The molecule has 1 aromatic rings. The Balaban J connectivity index is -0.000000211. The summed E-state index contributed by atoms with van der Waals surface area (Å²) in [5, 5.41) is 8.50. The van der Waals surface area contributed by atoms with Crippen molar-refractivity contribution < 1.29 is 128 Å². The minimum Gasteiger partial charge on any atom is -1.00 e. The van der Waals surface area contributed by atoms with Gasteiger partial charge in [-0.25, -0.2) is 4.79 Å². The monoisotopic (exact) mass is 282 g/mol. The van der Waals surface area contributed by atoms with E-state index in [-0.39, 0.29) is 111 Å². The van der Waals surface area contributed by atoms with E-state index >= 15 is 0 Å². The number of aromatic carboxylic acids is 1. The van der Waals surface area contributed by atoms with Crippen LogP contribution >= 0.6 is 0 Å². The molecule has 0 spiro atoms. The number of carbonyl (C=O) groups is 1. The topological polar surface area (TPSA) is 91.7 Å². The molecule has 74 valence electrons. The number of hydrogen-bond acceptors (Lipinski definition) is 3. The van der Waals surface area contributed by atoms with Gasteiger partial charge in [0.2, 0.25) is 0 Å². The minimum absolute atomic E-state index is 0. The summed E-state index contributed by atoms with van der Waals surface area (Å²) < 4.78 is 29.7. The Bertz CT molecular complexity index is 451. The van der Waals surface area contributed by atoms with Crippen LogP contribution in [0.3, 0.4) is 0 Å². The first-order chi connectivity index (χ1) is 5.91. The van der Waals surface area contributed by atoms with E-state index in [1.807, 2.05) is 0 Å². The molecule has 0 fully saturated rings. The van der Waals surface area contributed by atoms with E-state index in [0.717, 1.165) is 12.1 Å². The number of carboxylic acids is 1. The summed E-state index contributed by atoms with van der Waals surface area (Å²) in [6, 6.07) is 4.48. The first kappa shape index (κ1) is 19.2. The van der Waals surface area contributed by atoms with Crippen molar-refractivity contribution in [2.24, 2.45) is 0 Å². The predicted molar refractivity (Wildman–Crippen MR) is 45.4 cm³/mol. The quantitative estimate of drug-likeness (QED) is 0.418. The third-order valence-electron chi connectivity index (χ3n) is 1.38. The van der Waals surface area contributed by atoms with Crippen LogP contribution in [0.25, 0.3) is 0 Å². The summed E-state index contributed by atoms with van der Waals surface area (Å²) in [5.41, 5.74) is -0.185. The van der Waals surface area contributed by atoms with E-state index in [1.54, 1.807) is 0 Å². The Morgan fingerprint density at radius 1 is 1.27 bits per heavy atom. The molecule has 5 nitrogen and oxygen atoms in total. The smallest absolute Gasteiger partial charge is 1.00 e. The Hall–Kier alpha value is 1.87. The summed E-state index contributed by atoms with van der Waals surface area (Å²) in [5.74, 6) is -1.24. The van der Waals surface area contributed by atoms with Gasteiger partial charge in [-0.05, 0) is 18.2 Å². The van der Waals surface area contributed by atoms with E-state index in [1.165, 1.54) is 12.1 Å². The number of carboxylic acid groups (broad SMARTS) is 1. The molecule has 0 aliphatic heterocycles. The zero-order valence-corrected chi connectivity index (χ0v) is 15.4. The molecule has 8 heteroatoms. The van der Waals surface area contributed by atoms with Crippen LogP contribution in [0, 0.1) is 0 Å². The molecule has 0 aliphatic carbocycles. The van der Waals surface area contributed by atoms with Crippen molar-refractivity contribution in [2.45, 2.75) is 4.90 Å². The average molecular weight is 282 g/mol. The van der Waals surface area contributed by atoms with Gasteiger partial charge in [0.15, 0.2) is 0 Å². The fourth-order valence-corrected chi connectivity index (χ4v) is 1.32. The zero-order valence-electron chi connectivity index (χ0n) is 10.3. The summed E-state index contributed by atoms with van der Waals surface area (Å²) in [6.45, 7) is 0. The standard InChI is InChI=1S/C7H6O5S.2K.2H/c8-7(9)5-2-1-3-6(4-5)13(10,11)12;;;;/h1-4H,(H,8,9)(H,10,11,12);;;;/q;2*+1;2*-1. The van der Waals surface area contributed by atoms with Crippen molar-refractivity contribution in [1.82, 2.24) is 0 Å². The van der Waals surface area contributed by atoms with Crippen LogP contribution in [-0.2, 0) is 10.1 Å². The Labute approximate surface area is 175 Å². The largest absolute Gasteiger partial charge is 1.00 e. The summed E-state index contributed by atoms with van der Waals surface area (Å²) in [6.07, 6.45) is 0. The maximum Gasteiger partial charge on any atom is 1.00 e. The third-order valence-corrected chi connectivity index (χ3v) is 2.23. The molecule has 0 saturated carbocycles. The first-order valence-electron chi connectivity index (χ1n) is 3.22. The molecule has 0 aromatic heterocycles. The second-order valence-corrected chi connectivity index (χ2v) is 3.73. The maximum absolute atomic E-state index is 10.6. The average Bonchev–Trinajstić information content (AvgIpc) is 2.03. The maximum atomic E-state index is 10.6. The second kappa shape index (κ2) is 8.06. The zero-order chi connectivity index (χ0) is 10.1. The van der Waals surface area contributed by atoms with Crippen LogP contribution in [-0.4, -0.2) is 24.0 Å². The number of benzene rings is 1. The molecule has 15 heavy (non-hydrogen) atoms. The van der Waals surface area contributed by atoms with Gasteiger partial charge in [0.05, 0.1) is 10.5 Å². The molecular weight excluding hydrogens is 274 g/mol. The summed E-state index contributed by atoms with van der Waals surface area (Å²) >= 11 is 0. The van der Waals surface area contributed by atoms with Crippen molar-refractivity contribution >= 4 is 16.1 Å². The van der Waals surface area contributed by atoms with Crippen molar-refractivity contribution in [3.8, 4) is 0 Å². The Morgan fingerprint density at radius 3 is 2.20 bits per heavy atom. The molecule has 1 aromatic carbocycles. The van der Waals surface area contributed by atoms with Gasteiger partial charge in [-0.2, -0.15) is 8.42 Å². The molecule has 2 N–H and O–H groups in total. The van der Waals surface area contributed by atoms with Gasteiger partial charge < -0.3 is 7.96 Å². The second-order valence-electron chi connectivity index (χ2n) is 2.31. The van der Waals surface area contributed by atoms with E-state index in [4.69, 9.17) is 9.66 Å².